The minimum atomic E-state index is -1.72. The molecule has 0 aliphatic carbocycles. The third-order valence-electron chi connectivity index (χ3n) is 4.97. The van der Waals surface area contributed by atoms with Gasteiger partial charge in [-0.1, -0.05) is 0 Å². The highest BCUT2D eigenvalue weighted by Crippen LogP contribution is 2.04. The molecule has 0 aromatic carbocycles. The Morgan fingerprint density at radius 1 is 0.895 bits per heavy atom. The number of carbonyl (C=O) groups excluding carboxylic acids is 5. The highest BCUT2D eigenvalue weighted by atomic mass is 16.4. The molecule has 0 aliphatic rings. The Labute approximate surface area is 216 Å². The summed E-state index contributed by atoms with van der Waals surface area (Å²) >= 11 is 0. The second kappa shape index (κ2) is 15.4. The highest BCUT2D eigenvalue weighted by Gasteiger charge is 2.31. The molecule has 0 saturated carbocycles. The molecule has 0 bridgehead atoms. The van der Waals surface area contributed by atoms with Crippen LogP contribution in [0.15, 0.2) is 17.5 Å². The summed E-state index contributed by atoms with van der Waals surface area (Å²) in [5, 5.41) is 16.0. The summed E-state index contributed by atoms with van der Waals surface area (Å²) in [4.78, 5) is 82.8. The van der Waals surface area contributed by atoms with Crippen molar-refractivity contribution in [3.05, 3.63) is 18.2 Å². The van der Waals surface area contributed by atoms with Gasteiger partial charge in [-0.25, -0.2) is 9.78 Å². The number of nitrogens with two attached hydrogens (primary N) is 5. The van der Waals surface area contributed by atoms with Gasteiger partial charge in [0.25, 0.3) is 0 Å². The van der Waals surface area contributed by atoms with Crippen molar-refractivity contribution in [3.63, 3.8) is 0 Å². The monoisotopic (exact) mass is 539 g/mol. The number of guanidine groups is 1. The number of hydrogen-bond acceptors (Lipinski definition) is 9. The van der Waals surface area contributed by atoms with Crippen molar-refractivity contribution in [3.8, 4) is 0 Å². The molecule has 0 spiro atoms. The van der Waals surface area contributed by atoms with Crippen molar-refractivity contribution in [2.75, 3.05) is 6.54 Å². The van der Waals surface area contributed by atoms with E-state index in [1.165, 1.54) is 12.5 Å². The number of imidazole rings is 1. The van der Waals surface area contributed by atoms with E-state index >= 15 is 0 Å². The number of carboxylic acids is 1. The third-order valence-corrected chi connectivity index (χ3v) is 4.97. The Kier molecular flexibility index (Phi) is 12.7. The van der Waals surface area contributed by atoms with Gasteiger partial charge in [0.1, 0.15) is 18.1 Å². The number of aliphatic imine (C=N–C) groups is 1. The fourth-order valence-corrected chi connectivity index (χ4v) is 3.13. The van der Waals surface area contributed by atoms with Crippen molar-refractivity contribution in [1.82, 2.24) is 25.9 Å². The summed E-state index contributed by atoms with van der Waals surface area (Å²) in [5.74, 6) is -6.49. The van der Waals surface area contributed by atoms with Crippen LogP contribution in [0, 0.1) is 0 Å². The minimum Gasteiger partial charge on any atom is -0.480 e. The fourth-order valence-electron chi connectivity index (χ4n) is 3.13. The number of hydrogen-bond donors (Lipinski definition) is 10. The summed E-state index contributed by atoms with van der Waals surface area (Å²) < 4.78 is 0. The van der Waals surface area contributed by atoms with E-state index in [-0.39, 0.29) is 31.8 Å². The number of aromatic nitrogens is 2. The molecule has 1 heterocycles. The van der Waals surface area contributed by atoms with E-state index in [1.54, 1.807) is 0 Å². The Hall–Kier alpha value is -4.74. The Morgan fingerprint density at radius 3 is 1.97 bits per heavy atom. The second-order valence-corrected chi connectivity index (χ2v) is 8.20. The van der Waals surface area contributed by atoms with Crippen LogP contribution in [0.2, 0.25) is 0 Å². The lowest BCUT2D eigenvalue weighted by Gasteiger charge is -2.24. The van der Waals surface area contributed by atoms with Crippen molar-refractivity contribution in [1.29, 1.82) is 0 Å². The summed E-state index contributed by atoms with van der Waals surface area (Å²) in [7, 11) is 0. The van der Waals surface area contributed by atoms with Crippen molar-refractivity contribution >= 4 is 41.5 Å². The smallest absolute Gasteiger partial charge is 0.326 e. The van der Waals surface area contributed by atoms with Gasteiger partial charge in [-0.3, -0.25) is 29.0 Å². The molecule has 1 aromatic rings. The van der Waals surface area contributed by atoms with Crippen molar-refractivity contribution < 1.29 is 33.9 Å². The van der Waals surface area contributed by atoms with Crippen molar-refractivity contribution in [2.24, 2.45) is 33.7 Å². The van der Waals surface area contributed by atoms with E-state index < -0.39 is 72.5 Å². The van der Waals surface area contributed by atoms with E-state index in [1.807, 2.05) is 5.32 Å². The van der Waals surface area contributed by atoms with Gasteiger partial charge in [0.2, 0.25) is 29.5 Å². The van der Waals surface area contributed by atoms with Crippen LogP contribution < -0.4 is 44.6 Å². The van der Waals surface area contributed by atoms with Crippen LogP contribution in [0.25, 0.3) is 0 Å². The molecule has 5 amide bonds. The van der Waals surface area contributed by atoms with Crippen LogP contribution in [-0.4, -0.2) is 87.3 Å². The number of nitrogens with one attached hydrogen (secondary N) is 4. The zero-order chi connectivity index (χ0) is 28.8. The van der Waals surface area contributed by atoms with Gasteiger partial charge in [-0.05, 0) is 12.8 Å². The predicted octanol–water partition coefficient (Wildman–Crippen LogP) is -5.38. The second-order valence-electron chi connectivity index (χ2n) is 8.20. The molecule has 4 atom stereocenters. The molecule has 18 nitrogen and oxygen atoms in total. The Bertz CT molecular complexity index is 1020. The molecule has 210 valence electrons. The SMILES string of the molecule is NC(=O)CC(NC(=O)C(CC(N)=O)NC(=O)C(CCCN=C(N)N)NC(=O)C(N)Cc1cnc[nH]1)C(=O)O. The third kappa shape index (κ3) is 11.8. The zero-order valence-corrected chi connectivity index (χ0v) is 20.4. The van der Waals surface area contributed by atoms with E-state index in [4.69, 9.17) is 28.7 Å². The van der Waals surface area contributed by atoms with Crippen LogP contribution in [0.4, 0.5) is 0 Å². The highest BCUT2D eigenvalue weighted by molar-refractivity contribution is 5.96. The molecule has 1 rings (SSSR count). The average molecular weight is 540 g/mol. The molecule has 38 heavy (non-hydrogen) atoms. The molecule has 18 heteroatoms. The first-order valence-electron chi connectivity index (χ1n) is 11.3. The van der Waals surface area contributed by atoms with E-state index in [2.05, 4.69) is 25.6 Å². The minimum absolute atomic E-state index is 0.00450. The number of nitrogens with zero attached hydrogens (tertiary/aromatic N) is 2. The first-order valence-corrected chi connectivity index (χ1v) is 11.3. The van der Waals surface area contributed by atoms with Gasteiger partial charge >= 0.3 is 5.97 Å². The van der Waals surface area contributed by atoms with Gasteiger partial charge in [0, 0.05) is 24.9 Å². The summed E-state index contributed by atoms with van der Waals surface area (Å²) in [6.45, 7) is 0.112. The maximum absolute atomic E-state index is 13.0. The molecular weight excluding hydrogens is 506 g/mol. The number of carboxylic acid groups (broad SMARTS) is 1. The predicted molar refractivity (Wildman–Crippen MR) is 131 cm³/mol. The summed E-state index contributed by atoms with van der Waals surface area (Å²) in [6.07, 6.45) is 1.72. The number of H-pyrrole nitrogens is 1. The lowest BCUT2D eigenvalue weighted by atomic mass is 10.1. The maximum Gasteiger partial charge on any atom is 0.326 e. The molecule has 0 radical (unpaired) electrons. The molecule has 0 aliphatic heterocycles. The molecule has 4 unspecified atom stereocenters. The van der Waals surface area contributed by atoms with Gasteiger partial charge in [-0.15, -0.1) is 0 Å². The van der Waals surface area contributed by atoms with Crippen LogP contribution in [-0.2, 0) is 35.2 Å². The van der Waals surface area contributed by atoms with E-state index in [9.17, 15) is 33.9 Å². The van der Waals surface area contributed by atoms with Gasteiger partial charge < -0.3 is 54.7 Å². The number of aromatic amines is 1. The number of aliphatic carboxylic acids is 1. The quantitative estimate of drug-likeness (QED) is 0.0505. The lowest BCUT2D eigenvalue weighted by Crippen LogP contribution is -2.58. The van der Waals surface area contributed by atoms with Crippen molar-refractivity contribution in [2.45, 2.75) is 56.3 Å². The average Bonchev–Trinajstić information content (AvgIpc) is 3.32. The van der Waals surface area contributed by atoms with Crippen LogP contribution in [0.5, 0.6) is 0 Å². The largest absolute Gasteiger partial charge is 0.480 e. The van der Waals surface area contributed by atoms with Crippen LogP contribution in [0.3, 0.4) is 0 Å². The van der Waals surface area contributed by atoms with Crippen LogP contribution >= 0.6 is 0 Å². The van der Waals surface area contributed by atoms with E-state index in [0.29, 0.717) is 5.69 Å². The van der Waals surface area contributed by atoms with Gasteiger partial charge in [0.05, 0.1) is 25.2 Å². The summed E-state index contributed by atoms with van der Waals surface area (Å²) in [5.41, 5.74) is 27.2. The molecule has 0 fully saturated rings. The first kappa shape index (κ1) is 31.3. The maximum atomic E-state index is 13.0. The van der Waals surface area contributed by atoms with Gasteiger partial charge in [0.15, 0.2) is 5.96 Å². The van der Waals surface area contributed by atoms with Gasteiger partial charge in [-0.2, -0.15) is 0 Å². The number of primary amides is 2. The van der Waals surface area contributed by atoms with E-state index in [0.717, 1.165) is 0 Å². The first-order chi connectivity index (χ1) is 17.8. The topological polar surface area (TPSA) is 330 Å². The Morgan fingerprint density at radius 2 is 1.45 bits per heavy atom. The number of carbonyl (C=O) groups is 6. The van der Waals surface area contributed by atoms with Crippen LogP contribution in [0.1, 0.15) is 31.4 Å². The normalized spacial score (nSPS) is 13.7. The Balaban J connectivity index is 3.02. The molecular formula is C20H33N11O7. The summed E-state index contributed by atoms with van der Waals surface area (Å²) in [6, 6.07) is -5.68. The number of amides is 5. The molecule has 1 aromatic heterocycles. The fraction of sp³-hybridized carbons (Fsp3) is 0.500. The lowest BCUT2D eigenvalue weighted by molar-refractivity contribution is -0.144. The zero-order valence-electron chi connectivity index (χ0n) is 20.4. The molecule has 15 N–H and O–H groups in total. The number of rotatable bonds is 17. The standard InChI is InChI=1S/C20H33N11O7/c21-10(4-9-7-26-8-28-9)16(34)29-11(2-1-3-27-20(24)25)17(35)30-12(5-14(22)32)18(36)31-13(19(37)38)6-15(23)33/h7-8,10-13H,1-6,21H2,(H2,22,32)(H2,23,33)(H,26,28)(H,29,34)(H,30,35)(H,31,36)(H,37,38)(H4,24,25,27). The molecule has 0 saturated heterocycles.